The highest BCUT2D eigenvalue weighted by Gasteiger charge is 2.19. The highest BCUT2D eigenvalue weighted by Crippen LogP contribution is 2.23. The summed E-state index contributed by atoms with van der Waals surface area (Å²) in [7, 11) is -3.68. The molecule has 7 heteroatoms. The summed E-state index contributed by atoms with van der Waals surface area (Å²) >= 11 is 0. The molecule has 1 aromatic carbocycles. The van der Waals surface area contributed by atoms with Gasteiger partial charge in [-0.2, -0.15) is 5.10 Å². The summed E-state index contributed by atoms with van der Waals surface area (Å²) in [5.41, 5.74) is 2.25. The molecule has 6 nitrogen and oxygen atoms in total. The molecule has 0 bridgehead atoms. The lowest BCUT2D eigenvalue weighted by molar-refractivity contribution is 0.600. The third kappa shape index (κ3) is 2.47. The summed E-state index contributed by atoms with van der Waals surface area (Å²) in [4.78, 5) is 4.32. The van der Waals surface area contributed by atoms with Crippen molar-refractivity contribution in [3.05, 3.63) is 47.7 Å². The van der Waals surface area contributed by atoms with E-state index >= 15 is 0 Å². The van der Waals surface area contributed by atoms with Crippen molar-refractivity contribution in [2.45, 2.75) is 18.7 Å². The number of benzene rings is 1. The second-order valence-electron chi connectivity index (χ2n) is 4.85. The third-order valence-corrected chi connectivity index (χ3v) is 4.69. The lowest BCUT2D eigenvalue weighted by Gasteiger charge is -2.09. The number of anilines is 1. The summed E-state index contributed by atoms with van der Waals surface area (Å²) < 4.78 is 27.5. The fourth-order valence-corrected chi connectivity index (χ4v) is 3.47. The summed E-state index contributed by atoms with van der Waals surface area (Å²) in [5.74, 6) is 0.248. The van der Waals surface area contributed by atoms with Crippen molar-refractivity contribution in [2.24, 2.45) is 0 Å². The summed E-state index contributed by atoms with van der Waals surface area (Å²) in [5, 5.41) is 7.30. The van der Waals surface area contributed by atoms with E-state index in [4.69, 9.17) is 0 Å². The van der Waals surface area contributed by atoms with E-state index in [2.05, 4.69) is 19.9 Å². The molecule has 0 aliphatic carbocycles. The Labute approximate surface area is 122 Å². The highest BCUT2D eigenvalue weighted by molar-refractivity contribution is 7.92. The topological polar surface area (TPSA) is 87.7 Å². The molecule has 0 saturated carbocycles. The van der Waals surface area contributed by atoms with Gasteiger partial charge in [0.05, 0.1) is 10.3 Å². The maximum absolute atomic E-state index is 12.5. The molecule has 21 heavy (non-hydrogen) atoms. The molecule has 0 saturated heterocycles. The molecule has 0 spiro atoms. The van der Waals surface area contributed by atoms with Crippen molar-refractivity contribution in [3.63, 3.8) is 0 Å². The molecule has 0 aliphatic heterocycles. The second kappa shape index (κ2) is 4.85. The summed E-state index contributed by atoms with van der Waals surface area (Å²) in [6.07, 6.45) is 1.61. The van der Waals surface area contributed by atoms with Crippen LogP contribution in [0.5, 0.6) is 0 Å². The number of aromatic amines is 1. The van der Waals surface area contributed by atoms with E-state index in [0.29, 0.717) is 16.6 Å². The fraction of sp³-hybridized carbons (Fsp3) is 0.143. The van der Waals surface area contributed by atoms with E-state index in [9.17, 15) is 8.42 Å². The van der Waals surface area contributed by atoms with Crippen LogP contribution in [0, 0.1) is 13.8 Å². The van der Waals surface area contributed by atoms with Crippen molar-refractivity contribution in [3.8, 4) is 0 Å². The number of aromatic nitrogens is 3. The van der Waals surface area contributed by atoms with Crippen LogP contribution in [-0.4, -0.2) is 23.6 Å². The molecule has 0 unspecified atom stereocenters. The van der Waals surface area contributed by atoms with Gasteiger partial charge < -0.3 is 0 Å². The number of hydrogen-bond donors (Lipinski definition) is 2. The first-order valence-electron chi connectivity index (χ1n) is 6.36. The number of H-pyrrole nitrogens is 1. The maximum Gasteiger partial charge on any atom is 0.263 e. The van der Waals surface area contributed by atoms with E-state index in [0.717, 1.165) is 5.56 Å². The number of pyridine rings is 1. The van der Waals surface area contributed by atoms with Gasteiger partial charge in [0.2, 0.25) is 0 Å². The van der Waals surface area contributed by atoms with E-state index in [1.807, 2.05) is 13.0 Å². The van der Waals surface area contributed by atoms with Gasteiger partial charge in [0.25, 0.3) is 10.0 Å². The Hall–Kier alpha value is -2.41. The van der Waals surface area contributed by atoms with Crippen LogP contribution >= 0.6 is 0 Å². The van der Waals surface area contributed by atoms with Gasteiger partial charge in [0.15, 0.2) is 11.5 Å². The molecule has 0 atom stereocenters. The van der Waals surface area contributed by atoms with Crippen LogP contribution in [0.2, 0.25) is 0 Å². The smallest absolute Gasteiger partial charge is 0.261 e. The van der Waals surface area contributed by atoms with Gasteiger partial charge in [0, 0.05) is 6.20 Å². The van der Waals surface area contributed by atoms with Gasteiger partial charge in [-0.1, -0.05) is 17.7 Å². The predicted octanol–water partition coefficient (Wildman–Crippen LogP) is 2.38. The Morgan fingerprint density at radius 1 is 1.19 bits per heavy atom. The number of nitrogens with zero attached hydrogens (tertiary/aromatic N) is 2. The molecule has 2 heterocycles. The molecule has 2 N–H and O–H groups in total. The molecule has 3 aromatic rings. The molecular formula is C14H14N4O2S. The molecule has 108 valence electrons. The average molecular weight is 302 g/mol. The fourth-order valence-electron chi connectivity index (χ4n) is 2.22. The van der Waals surface area contributed by atoms with E-state index in [1.54, 1.807) is 37.4 Å². The van der Waals surface area contributed by atoms with Crippen LogP contribution in [0.3, 0.4) is 0 Å². The number of nitrogens with one attached hydrogen (secondary N) is 2. The van der Waals surface area contributed by atoms with Crippen molar-refractivity contribution < 1.29 is 8.42 Å². The largest absolute Gasteiger partial charge is 0.263 e. The minimum absolute atomic E-state index is 0.244. The molecule has 3 rings (SSSR count). The Kier molecular flexibility index (Phi) is 3.13. The first-order chi connectivity index (χ1) is 9.97. The monoisotopic (exact) mass is 302 g/mol. The Morgan fingerprint density at radius 3 is 2.76 bits per heavy atom. The zero-order valence-corrected chi connectivity index (χ0v) is 12.4. The lowest BCUT2D eigenvalue weighted by Crippen LogP contribution is -2.14. The van der Waals surface area contributed by atoms with Crippen LogP contribution in [0.4, 0.5) is 5.82 Å². The van der Waals surface area contributed by atoms with Gasteiger partial charge in [0.1, 0.15) is 0 Å². The van der Waals surface area contributed by atoms with Crippen LogP contribution in [-0.2, 0) is 10.0 Å². The Morgan fingerprint density at radius 2 is 2.00 bits per heavy atom. The highest BCUT2D eigenvalue weighted by atomic mass is 32.2. The maximum atomic E-state index is 12.5. The van der Waals surface area contributed by atoms with Crippen LogP contribution < -0.4 is 4.72 Å². The molecular weight excluding hydrogens is 288 g/mol. The minimum atomic E-state index is -3.68. The number of hydrogen-bond acceptors (Lipinski definition) is 4. The van der Waals surface area contributed by atoms with Gasteiger partial charge in [-0.15, -0.1) is 0 Å². The molecule has 0 fully saturated rings. The predicted molar refractivity (Wildman–Crippen MR) is 80.6 cm³/mol. The van der Waals surface area contributed by atoms with Gasteiger partial charge >= 0.3 is 0 Å². The van der Waals surface area contributed by atoms with Gasteiger partial charge in [-0.25, -0.2) is 13.4 Å². The summed E-state index contributed by atoms with van der Waals surface area (Å²) in [6.45, 7) is 3.69. The van der Waals surface area contributed by atoms with Crippen molar-refractivity contribution in [1.29, 1.82) is 0 Å². The van der Waals surface area contributed by atoms with Crippen molar-refractivity contribution in [2.75, 3.05) is 4.72 Å². The van der Waals surface area contributed by atoms with E-state index in [1.165, 1.54) is 0 Å². The van der Waals surface area contributed by atoms with Crippen LogP contribution in [0.25, 0.3) is 11.0 Å². The number of sulfonamides is 1. The molecule has 0 amide bonds. The first kappa shape index (κ1) is 13.6. The zero-order chi connectivity index (χ0) is 15.0. The summed E-state index contributed by atoms with van der Waals surface area (Å²) in [6, 6.07) is 8.68. The minimum Gasteiger partial charge on any atom is -0.261 e. The van der Waals surface area contributed by atoms with Crippen LogP contribution in [0.15, 0.2) is 41.4 Å². The quantitative estimate of drug-likeness (QED) is 0.777. The first-order valence-corrected chi connectivity index (χ1v) is 7.85. The zero-order valence-electron chi connectivity index (χ0n) is 11.6. The SMILES string of the molecule is Cc1ccc(S(=O)(=O)Nc2n[nH]c3ncccc23)c(C)c1. The normalized spacial score (nSPS) is 11.7. The van der Waals surface area contributed by atoms with Gasteiger partial charge in [-0.05, 0) is 37.6 Å². The van der Waals surface area contributed by atoms with Crippen molar-refractivity contribution in [1.82, 2.24) is 15.2 Å². The van der Waals surface area contributed by atoms with Crippen LogP contribution in [0.1, 0.15) is 11.1 Å². The number of fused-ring (bicyclic) bond motifs is 1. The van der Waals surface area contributed by atoms with Gasteiger partial charge in [-0.3, -0.25) is 9.82 Å². The average Bonchev–Trinajstić information content (AvgIpc) is 2.81. The Balaban J connectivity index is 2.03. The number of rotatable bonds is 3. The number of aryl methyl sites for hydroxylation is 2. The van der Waals surface area contributed by atoms with E-state index in [-0.39, 0.29) is 10.7 Å². The second-order valence-corrected chi connectivity index (χ2v) is 6.50. The van der Waals surface area contributed by atoms with E-state index < -0.39 is 10.0 Å². The molecule has 0 aliphatic rings. The third-order valence-electron chi connectivity index (χ3n) is 3.19. The Bertz CT molecular complexity index is 916. The van der Waals surface area contributed by atoms with Crippen molar-refractivity contribution >= 4 is 26.9 Å². The molecule has 2 aromatic heterocycles. The standard InChI is InChI=1S/C14H14N4O2S/c1-9-5-6-12(10(2)8-9)21(19,20)18-14-11-4-3-7-15-13(11)16-17-14/h3-8H,1-2H3,(H2,15,16,17,18). The lowest BCUT2D eigenvalue weighted by atomic mass is 10.2. The molecule has 0 radical (unpaired) electrons.